The lowest BCUT2D eigenvalue weighted by atomic mass is 10.2. The van der Waals surface area contributed by atoms with E-state index in [4.69, 9.17) is 4.74 Å². The summed E-state index contributed by atoms with van der Waals surface area (Å²) < 4.78 is 34.6. The van der Waals surface area contributed by atoms with Gasteiger partial charge in [0.25, 0.3) is 0 Å². The van der Waals surface area contributed by atoms with E-state index in [-0.39, 0.29) is 37.8 Å². The molecule has 10 heteroatoms. The number of hydrazone groups is 1. The van der Waals surface area contributed by atoms with Crippen molar-refractivity contribution in [2.45, 2.75) is 13.0 Å². The number of likely N-dealkylation sites (N-methyl/N-ethyl adjacent to an activating group) is 1. The van der Waals surface area contributed by atoms with Crippen molar-refractivity contribution in [3.05, 3.63) is 36.6 Å². The van der Waals surface area contributed by atoms with Crippen molar-refractivity contribution >= 4 is 30.0 Å². The fraction of sp³-hybridized carbons (Fsp3) is 0.389. The van der Waals surface area contributed by atoms with E-state index in [0.717, 1.165) is 5.01 Å². The number of anilines is 2. The first kappa shape index (κ1) is 21.1. The molecule has 0 fully saturated rings. The minimum atomic E-state index is -0.754. The van der Waals surface area contributed by atoms with Crippen molar-refractivity contribution in [2.75, 3.05) is 43.0 Å². The van der Waals surface area contributed by atoms with Crippen molar-refractivity contribution < 1.29 is 23.1 Å². The van der Waals surface area contributed by atoms with Crippen LogP contribution in [0.5, 0.6) is 0 Å². The van der Waals surface area contributed by atoms with Crippen molar-refractivity contribution in [3.63, 3.8) is 0 Å². The molecule has 1 aromatic carbocycles. The molecule has 8 nitrogen and oxygen atoms in total. The van der Waals surface area contributed by atoms with Gasteiger partial charge in [0.15, 0.2) is 11.6 Å². The van der Waals surface area contributed by atoms with E-state index in [1.54, 1.807) is 11.9 Å². The van der Waals surface area contributed by atoms with Gasteiger partial charge in [-0.1, -0.05) is 6.58 Å². The molecule has 1 aliphatic heterocycles. The Morgan fingerprint density at radius 3 is 2.61 bits per heavy atom. The molecule has 0 radical (unpaired) electrons. The molecule has 2 amide bonds. The molecule has 0 aromatic heterocycles. The number of ether oxygens (including phenoxy) is 1. The number of hydrogen-bond donors (Lipinski definition) is 1. The zero-order valence-electron chi connectivity index (χ0n) is 15.8. The van der Waals surface area contributed by atoms with Crippen LogP contribution in [-0.4, -0.2) is 63.0 Å². The standard InChI is InChI=1S/C18H23F2N5O3/c1-4-28-15(9-21-13(2)27)10-23(3)14-7-16(19)18(17(20)8-14)24-5-6-25(12-26)22-11-24/h4,7-8,11-12,15H,1,5-6,9-10H2,2-3H3,(H,21,27)/t15-/m0/s1. The lowest BCUT2D eigenvalue weighted by molar-refractivity contribution is -0.119. The summed E-state index contributed by atoms with van der Waals surface area (Å²) in [6.07, 6.45) is 2.56. The van der Waals surface area contributed by atoms with E-state index in [1.807, 2.05) is 0 Å². The molecule has 1 aliphatic rings. The summed E-state index contributed by atoms with van der Waals surface area (Å²) in [5.74, 6) is -1.72. The minimum absolute atomic E-state index is 0.210. The van der Waals surface area contributed by atoms with Gasteiger partial charge in [0.05, 0.1) is 25.9 Å². The molecule has 28 heavy (non-hydrogen) atoms. The Balaban J connectivity index is 2.14. The van der Waals surface area contributed by atoms with E-state index in [0.29, 0.717) is 12.1 Å². The van der Waals surface area contributed by atoms with Gasteiger partial charge in [0.1, 0.15) is 18.1 Å². The fourth-order valence-electron chi connectivity index (χ4n) is 2.71. The second kappa shape index (κ2) is 9.67. The van der Waals surface area contributed by atoms with Crippen LogP contribution in [0.3, 0.4) is 0 Å². The molecule has 0 saturated carbocycles. The molecular weight excluding hydrogens is 372 g/mol. The highest BCUT2D eigenvalue weighted by molar-refractivity contribution is 5.81. The van der Waals surface area contributed by atoms with Crippen LogP contribution >= 0.6 is 0 Å². The van der Waals surface area contributed by atoms with Crippen molar-refractivity contribution in [1.82, 2.24) is 10.3 Å². The highest BCUT2D eigenvalue weighted by Gasteiger charge is 2.22. The van der Waals surface area contributed by atoms with E-state index in [1.165, 1.54) is 36.6 Å². The number of nitrogens with zero attached hydrogens (tertiary/aromatic N) is 4. The van der Waals surface area contributed by atoms with Gasteiger partial charge in [0.2, 0.25) is 12.3 Å². The summed E-state index contributed by atoms with van der Waals surface area (Å²) in [6.45, 7) is 5.82. The summed E-state index contributed by atoms with van der Waals surface area (Å²) in [4.78, 5) is 24.7. The lowest BCUT2D eigenvalue weighted by Crippen LogP contribution is -2.39. The fourth-order valence-corrected chi connectivity index (χ4v) is 2.71. The van der Waals surface area contributed by atoms with Gasteiger partial charge in [-0.3, -0.25) is 9.59 Å². The predicted octanol–water partition coefficient (Wildman–Crippen LogP) is 1.29. The molecule has 1 aromatic rings. The third kappa shape index (κ3) is 5.41. The van der Waals surface area contributed by atoms with Gasteiger partial charge >= 0.3 is 0 Å². The van der Waals surface area contributed by atoms with Gasteiger partial charge in [-0.25, -0.2) is 13.8 Å². The van der Waals surface area contributed by atoms with Crippen molar-refractivity contribution in [3.8, 4) is 0 Å². The summed E-state index contributed by atoms with van der Waals surface area (Å²) in [7, 11) is 1.66. The zero-order chi connectivity index (χ0) is 20.7. The number of nitrogens with one attached hydrogen (secondary N) is 1. The Hall–Kier alpha value is -3.17. The Labute approximate surface area is 162 Å². The van der Waals surface area contributed by atoms with Gasteiger partial charge in [0, 0.05) is 26.2 Å². The first-order valence-electron chi connectivity index (χ1n) is 8.59. The van der Waals surface area contributed by atoms with Crippen molar-refractivity contribution in [1.29, 1.82) is 0 Å². The normalized spacial score (nSPS) is 14.4. The third-order valence-corrected chi connectivity index (χ3v) is 4.11. The van der Waals surface area contributed by atoms with Crippen LogP contribution < -0.4 is 15.1 Å². The van der Waals surface area contributed by atoms with Crippen LogP contribution in [0.4, 0.5) is 20.2 Å². The number of carbonyl (C=O) groups is 2. The quantitative estimate of drug-likeness (QED) is 0.504. The first-order valence-corrected chi connectivity index (χ1v) is 8.59. The van der Waals surface area contributed by atoms with E-state index in [2.05, 4.69) is 17.0 Å². The van der Waals surface area contributed by atoms with Crippen LogP contribution in [0.1, 0.15) is 6.92 Å². The minimum Gasteiger partial charge on any atom is -0.495 e. The largest absolute Gasteiger partial charge is 0.495 e. The highest BCUT2D eigenvalue weighted by atomic mass is 19.1. The summed E-state index contributed by atoms with van der Waals surface area (Å²) in [5.41, 5.74) is 0.0753. The van der Waals surface area contributed by atoms with E-state index in [9.17, 15) is 18.4 Å². The zero-order valence-corrected chi connectivity index (χ0v) is 15.8. The number of halogens is 2. The molecule has 1 atom stereocenters. The second-order valence-electron chi connectivity index (χ2n) is 6.19. The maximum absolute atomic E-state index is 14.6. The molecule has 1 N–H and O–H groups in total. The average molecular weight is 395 g/mol. The maximum Gasteiger partial charge on any atom is 0.229 e. The van der Waals surface area contributed by atoms with E-state index < -0.39 is 17.7 Å². The third-order valence-electron chi connectivity index (χ3n) is 4.11. The molecular formula is C18H23F2N5O3. The summed E-state index contributed by atoms with van der Waals surface area (Å²) in [5, 5.41) is 7.58. The van der Waals surface area contributed by atoms with Crippen LogP contribution in [0.2, 0.25) is 0 Å². The van der Waals surface area contributed by atoms with Gasteiger partial charge < -0.3 is 19.9 Å². The molecule has 0 spiro atoms. The molecule has 0 aliphatic carbocycles. The monoisotopic (exact) mass is 395 g/mol. The van der Waals surface area contributed by atoms with Crippen LogP contribution in [0, 0.1) is 11.6 Å². The number of amides is 2. The van der Waals surface area contributed by atoms with Gasteiger partial charge in [-0.15, -0.1) is 0 Å². The molecule has 2 rings (SSSR count). The Kier molecular flexibility index (Phi) is 7.30. The van der Waals surface area contributed by atoms with Gasteiger partial charge in [-0.05, 0) is 12.1 Å². The number of hydrogen-bond acceptors (Lipinski definition) is 6. The molecule has 152 valence electrons. The SMILES string of the molecule is C=CO[C@@H](CNC(C)=O)CN(C)c1cc(F)c(N2C=NN(C=O)CC2)c(F)c1. The number of carbonyl (C=O) groups excluding carboxylic acids is 2. The van der Waals surface area contributed by atoms with Crippen LogP contribution in [0.25, 0.3) is 0 Å². The summed E-state index contributed by atoms with van der Waals surface area (Å²) in [6, 6.07) is 2.42. The maximum atomic E-state index is 14.6. The smallest absolute Gasteiger partial charge is 0.229 e. The van der Waals surface area contributed by atoms with E-state index >= 15 is 0 Å². The number of rotatable bonds is 9. The topological polar surface area (TPSA) is 77.5 Å². The Morgan fingerprint density at radius 2 is 2.11 bits per heavy atom. The Bertz CT molecular complexity index is 736. The number of benzene rings is 1. The highest BCUT2D eigenvalue weighted by Crippen LogP contribution is 2.28. The summed E-state index contributed by atoms with van der Waals surface area (Å²) >= 11 is 0. The van der Waals surface area contributed by atoms with Crippen molar-refractivity contribution in [2.24, 2.45) is 5.10 Å². The Morgan fingerprint density at radius 1 is 1.43 bits per heavy atom. The average Bonchev–Trinajstić information content (AvgIpc) is 2.66. The predicted molar refractivity (Wildman–Crippen MR) is 102 cm³/mol. The molecule has 1 heterocycles. The molecule has 0 saturated heterocycles. The second-order valence-corrected chi connectivity index (χ2v) is 6.19. The van der Waals surface area contributed by atoms with Gasteiger partial charge in [-0.2, -0.15) is 5.10 Å². The molecule has 0 bridgehead atoms. The molecule has 0 unspecified atom stereocenters. The first-order chi connectivity index (χ1) is 13.3. The van der Waals surface area contributed by atoms with Crippen LogP contribution in [0.15, 0.2) is 30.1 Å². The van der Waals surface area contributed by atoms with Crippen LogP contribution in [-0.2, 0) is 14.3 Å². The lowest BCUT2D eigenvalue weighted by Gasteiger charge is -2.29.